The number of rotatable bonds is 22. The second-order valence-corrected chi connectivity index (χ2v) is 29.6. The summed E-state index contributed by atoms with van der Waals surface area (Å²) in [4.78, 5) is 63.9. The summed E-state index contributed by atoms with van der Waals surface area (Å²) in [5, 5.41) is 19.3. The summed E-state index contributed by atoms with van der Waals surface area (Å²) >= 11 is 0. The monoisotopic (exact) mass is 1290 g/mol. The molecule has 1 spiro atoms. The van der Waals surface area contributed by atoms with Crippen molar-refractivity contribution in [3.05, 3.63) is 143 Å². The van der Waals surface area contributed by atoms with Crippen LogP contribution in [-0.4, -0.2) is 77.7 Å². The van der Waals surface area contributed by atoms with Gasteiger partial charge in [-0.15, -0.1) is 13.2 Å². The number of phosphoric acid groups is 2. The molecule has 1 atom stereocenters. The number of ketones is 2. The summed E-state index contributed by atoms with van der Waals surface area (Å²) in [6, 6.07) is 15.9. The molecule has 12 saturated carbocycles. The zero-order valence-corrected chi connectivity index (χ0v) is 54.4. The summed E-state index contributed by atoms with van der Waals surface area (Å²) in [6.07, 6.45) is 29.7. The van der Waals surface area contributed by atoms with Gasteiger partial charge in [-0.25, -0.2) is 18.8 Å². The summed E-state index contributed by atoms with van der Waals surface area (Å²) < 4.78 is 64.3. The van der Waals surface area contributed by atoms with E-state index in [1.807, 2.05) is 24.3 Å². The Kier molecular flexibility index (Phi) is 20.0. The lowest BCUT2D eigenvalue weighted by molar-refractivity contribution is -0.645. The first-order valence-corrected chi connectivity index (χ1v) is 35.0. The molecule has 0 radical (unpaired) electrons. The summed E-state index contributed by atoms with van der Waals surface area (Å²) in [7, 11) is -3.87. The van der Waals surface area contributed by atoms with Crippen molar-refractivity contribution in [2.45, 2.75) is 122 Å². The highest BCUT2D eigenvalue weighted by molar-refractivity contribution is 7.49. The fourth-order valence-electron chi connectivity index (χ4n) is 18.2. The number of carboxylic acid groups (broad SMARTS) is 1. The van der Waals surface area contributed by atoms with Crippen molar-refractivity contribution in [1.29, 1.82) is 0 Å². The first-order chi connectivity index (χ1) is 43.6. The van der Waals surface area contributed by atoms with Gasteiger partial charge in [0.05, 0.1) is 27.4 Å². The van der Waals surface area contributed by atoms with E-state index in [4.69, 9.17) is 47.2 Å². The number of carbonyl (C=O) groups is 3. The quantitative estimate of drug-likeness (QED) is 0.0240. The van der Waals surface area contributed by atoms with Crippen molar-refractivity contribution < 1.29 is 85.6 Å². The number of phosphoric ester groups is 2. The fraction of sp³-hybridized carbons (Fsp3) is 0.507. The molecular formula is C71H86O18P2. The molecule has 12 bridgehead atoms. The second kappa shape index (κ2) is 27.4. The van der Waals surface area contributed by atoms with E-state index in [0.29, 0.717) is 52.2 Å². The topological polar surface area (TPSA) is 249 Å². The SMILES string of the molecule is C=CCOP(=O)(OCC=C)Oc1cc(C(OC)=C2C3CC4CC(C3)CC2C4)ccc1/C=C/C(C)=O.COC(=C1C2CC3CC(C2)CC1C3)c1ccc(/C=C/C(C)=O)c(O)c1.COC1(c2ccc(/C=C/C(=O)O)c(OP(=O)(O)O)c2)OOC12C1CC3CC(C1)CC2C3. The lowest BCUT2D eigenvalue weighted by Gasteiger charge is -2.68. The Balaban J connectivity index is 0.000000142. The number of carboxylic acids is 1. The minimum Gasteiger partial charge on any atom is -0.507 e. The zero-order chi connectivity index (χ0) is 64.6. The highest BCUT2D eigenvalue weighted by Gasteiger charge is 2.76. The summed E-state index contributed by atoms with van der Waals surface area (Å²) in [6.45, 7) is 10.2. The Bertz CT molecular complexity index is 3440. The van der Waals surface area contributed by atoms with Gasteiger partial charge < -0.3 is 33.5 Å². The number of hydrogen-bond donors (Lipinski definition) is 4. The number of benzene rings is 3. The first kappa shape index (κ1) is 66.3. The maximum atomic E-state index is 13.3. The average molecular weight is 1290 g/mol. The van der Waals surface area contributed by atoms with Gasteiger partial charge in [0.15, 0.2) is 17.2 Å². The van der Waals surface area contributed by atoms with Gasteiger partial charge in [-0.05, 0) is 241 Å². The van der Waals surface area contributed by atoms with Crippen LogP contribution in [-0.2, 0) is 62.3 Å². The molecule has 0 amide bonds. The zero-order valence-electron chi connectivity index (χ0n) is 52.6. The molecule has 16 rings (SSSR count). The first-order valence-electron chi connectivity index (χ1n) is 32.0. The molecule has 91 heavy (non-hydrogen) atoms. The van der Waals surface area contributed by atoms with Crippen LogP contribution in [0.3, 0.4) is 0 Å². The predicted molar refractivity (Wildman–Crippen MR) is 343 cm³/mol. The third kappa shape index (κ3) is 13.9. The molecule has 0 aromatic heterocycles. The number of phenols is 1. The van der Waals surface area contributed by atoms with Gasteiger partial charge in [0.25, 0.3) is 5.79 Å². The Hall–Kier alpha value is -6.17. The Labute approximate surface area is 533 Å². The summed E-state index contributed by atoms with van der Waals surface area (Å²) in [5.74, 6) is 7.48. The molecule has 1 heterocycles. The Morgan fingerprint density at radius 2 is 0.978 bits per heavy atom. The second-order valence-electron chi connectivity index (χ2n) is 26.8. The lowest BCUT2D eigenvalue weighted by atomic mass is 9.47. The molecule has 12 aliphatic carbocycles. The van der Waals surface area contributed by atoms with E-state index >= 15 is 0 Å². The fourth-order valence-corrected chi connectivity index (χ4v) is 19.7. The molecule has 488 valence electrons. The standard InChI is InChI=1S/C28H35O6P.C22H26O3.C21H25O9P/c1-5-11-32-35(30,33-12-6-2)34-26-18-23(10-9-22(26)8-7-19(3)29)28(31-4)27-24-14-20-13-21(16-24)17-25(27)15-20;1-13(23)3-4-16-5-6-17(12-20(16)24)22(25-2)21-18-8-14-7-15(10-18)11-19(21)9-14;1-27-21(20(29-30-21)16-7-12-6-13(9-16)10-17(20)8-12)15-4-2-14(3-5-19(22)23)18(11-15)28-31(24,25)26/h5-10,18,20-21,24-25H,1-2,11-17H2,3-4H3;3-6,12,14-15,18-19,24H,7-11H2,1-2H3;2-5,11-13,16-17H,6-10H2,1H3,(H,22,23)(H2,24,25,26)/b8-7+,28-27?;4-3+,22-21?;5-3+. The van der Waals surface area contributed by atoms with Crippen LogP contribution < -0.4 is 9.05 Å². The summed E-state index contributed by atoms with van der Waals surface area (Å²) in [5.41, 5.74) is 6.00. The van der Waals surface area contributed by atoms with Crippen LogP contribution in [0, 0.1) is 71.0 Å². The number of carbonyl (C=O) groups excluding carboxylic acids is 2. The van der Waals surface area contributed by atoms with Gasteiger partial charge in [-0.2, -0.15) is 4.89 Å². The minimum absolute atomic E-state index is 0.00814. The van der Waals surface area contributed by atoms with Crippen LogP contribution in [0.15, 0.2) is 109 Å². The van der Waals surface area contributed by atoms with E-state index in [-0.39, 0.29) is 59.4 Å². The predicted octanol–water partition coefficient (Wildman–Crippen LogP) is 15.0. The van der Waals surface area contributed by atoms with E-state index in [1.54, 1.807) is 44.6 Å². The van der Waals surface area contributed by atoms with E-state index in [9.17, 15) is 38.4 Å². The van der Waals surface area contributed by atoms with E-state index in [1.165, 1.54) is 145 Å². The van der Waals surface area contributed by atoms with Gasteiger partial charge in [0.1, 0.15) is 28.8 Å². The van der Waals surface area contributed by atoms with Gasteiger partial charge in [-0.3, -0.25) is 28.4 Å². The van der Waals surface area contributed by atoms with E-state index < -0.39 is 33.0 Å². The van der Waals surface area contributed by atoms with E-state index in [2.05, 4.69) is 13.2 Å². The van der Waals surface area contributed by atoms with Crippen LogP contribution in [0.2, 0.25) is 0 Å². The van der Waals surface area contributed by atoms with Gasteiger partial charge in [0.2, 0.25) is 0 Å². The molecule has 4 N–H and O–H groups in total. The maximum Gasteiger partial charge on any atom is 0.530 e. The Morgan fingerprint density at radius 3 is 1.37 bits per heavy atom. The third-order valence-corrected chi connectivity index (χ3v) is 22.7. The van der Waals surface area contributed by atoms with Gasteiger partial charge >= 0.3 is 21.6 Å². The van der Waals surface area contributed by atoms with Crippen molar-refractivity contribution in [2.24, 2.45) is 71.0 Å². The van der Waals surface area contributed by atoms with Crippen molar-refractivity contribution in [2.75, 3.05) is 34.5 Å². The molecule has 13 aliphatic rings. The largest absolute Gasteiger partial charge is 0.530 e. The molecule has 13 fully saturated rings. The van der Waals surface area contributed by atoms with Gasteiger partial charge in [0, 0.05) is 46.6 Å². The molecule has 18 nitrogen and oxygen atoms in total. The normalized spacial score (nSPS) is 31.0. The number of aromatic hydroxyl groups is 1. The van der Waals surface area contributed by atoms with Crippen LogP contribution in [0.1, 0.15) is 144 Å². The smallest absolute Gasteiger partial charge is 0.507 e. The lowest BCUT2D eigenvalue weighted by Crippen LogP contribution is -2.76. The maximum absolute atomic E-state index is 13.3. The molecule has 1 unspecified atom stereocenters. The van der Waals surface area contributed by atoms with Crippen LogP contribution >= 0.6 is 15.6 Å². The molecule has 1 aliphatic heterocycles. The van der Waals surface area contributed by atoms with Crippen molar-refractivity contribution >= 4 is 62.9 Å². The molecule has 3 aromatic carbocycles. The number of aliphatic carboxylic acids is 1. The molecule has 20 heteroatoms. The highest BCUT2D eigenvalue weighted by atomic mass is 31.2. The molecule has 1 saturated heterocycles. The number of methoxy groups -OCH3 is 3. The average Bonchev–Trinajstić information content (AvgIpc) is 0.677. The Morgan fingerprint density at radius 1 is 0.560 bits per heavy atom. The van der Waals surface area contributed by atoms with Crippen molar-refractivity contribution in [3.63, 3.8) is 0 Å². The van der Waals surface area contributed by atoms with Crippen molar-refractivity contribution in [3.8, 4) is 17.2 Å². The van der Waals surface area contributed by atoms with E-state index in [0.717, 1.165) is 78.1 Å². The van der Waals surface area contributed by atoms with Crippen molar-refractivity contribution in [1.82, 2.24) is 0 Å². The third-order valence-electron chi connectivity index (χ3n) is 20.9. The number of phenolic OH excluding ortho intramolecular Hbond substituents is 1. The number of hydrogen-bond acceptors (Lipinski definition) is 15. The highest BCUT2D eigenvalue weighted by Crippen LogP contribution is 2.70. The molecular weight excluding hydrogens is 1200 g/mol. The number of ether oxygens (including phenoxy) is 3. The molecule has 3 aromatic rings. The number of allylic oxidation sites excluding steroid dienone is 4. The van der Waals surface area contributed by atoms with Crippen LogP contribution in [0.4, 0.5) is 0 Å². The van der Waals surface area contributed by atoms with Gasteiger partial charge in [-0.1, -0.05) is 48.6 Å². The minimum atomic E-state index is -4.89. The van der Waals surface area contributed by atoms with Crippen LogP contribution in [0.25, 0.3) is 29.7 Å². The van der Waals surface area contributed by atoms with Crippen LogP contribution in [0.5, 0.6) is 17.2 Å².